The molecule has 0 aromatic carbocycles. The molecule has 0 bridgehead atoms. The van der Waals surface area contributed by atoms with E-state index in [0.29, 0.717) is 11.4 Å². The minimum atomic E-state index is 0.204. The number of ether oxygens (including phenoxy) is 1. The Morgan fingerprint density at radius 3 is 2.89 bits per heavy atom. The number of rotatable bonds is 2. The van der Waals surface area contributed by atoms with Crippen LogP contribution in [0, 0.1) is 11.3 Å². The van der Waals surface area contributed by atoms with Crippen molar-refractivity contribution in [3.05, 3.63) is 22.9 Å². The molecule has 1 fully saturated rings. The van der Waals surface area contributed by atoms with E-state index in [-0.39, 0.29) is 6.10 Å². The fourth-order valence-corrected chi connectivity index (χ4v) is 2.88. The van der Waals surface area contributed by atoms with Crippen LogP contribution < -0.4 is 4.74 Å². The highest BCUT2D eigenvalue weighted by Gasteiger charge is 2.22. The Hall–Kier alpha value is -1.60. The van der Waals surface area contributed by atoms with Gasteiger partial charge in [-0.15, -0.1) is 0 Å². The van der Waals surface area contributed by atoms with Crippen LogP contribution in [0.25, 0.3) is 0 Å². The summed E-state index contributed by atoms with van der Waals surface area (Å²) in [4.78, 5) is 6.89. The zero-order chi connectivity index (χ0) is 13.2. The van der Waals surface area contributed by atoms with E-state index in [1.807, 2.05) is 6.07 Å². The summed E-state index contributed by atoms with van der Waals surface area (Å²) in [7, 11) is 2.13. The largest absolute Gasteiger partial charge is 0.473 e. The molecular formula is C15H19N3O. The number of nitriles is 1. The lowest BCUT2D eigenvalue weighted by molar-refractivity contribution is 0.109. The quantitative estimate of drug-likeness (QED) is 0.812. The van der Waals surface area contributed by atoms with Gasteiger partial charge in [0.05, 0.1) is 0 Å². The van der Waals surface area contributed by atoms with Crippen molar-refractivity contribution in [3.63, 3.8) is 0 Å². The number of hydrogen-bond acceptors (Lipinski definition) is 4. The van der Waals surface area contributed by atoms with Gasteiger partial charge in [0.2, 0.25) is 5.88 Å². The molecule has 4 heteroatoms. The van der Waals surface area contributed by atoms with Crippen LogP contribution in [0.3, 0.4) is 0 Å². The summed E-state index contributed by atoms with van der Waals surface area (Å²) in [5.74, 6) is 0.553. The Kier molecular flexibility index (Phi) is 3.39. The fraction of sp³-hybridized carbons (Fsp3) is 0.600. The van der Waals surface area contributed by atoms with Crippen LogP contribution in [0.15, 0.2) is 6.07 Å². The van der Waals surface area contributed by atoms with Gasteiger partial charge >= 0.3 is 0 Å². The predicted octanol–water partition coefficient (Wildman–Crippen LogP) is 1.91. The smallest absolute Gasteiger partial charge is 0.232 e. The maximum Gasteiger partial charge on any atom is 0.232 e. The van der Waals surface area contributed by atoms with Gasteiger partial charge in [0.25, 0.3) is 0 Å². The van der Waals surface area contributed by atoms with Gasteiger partial charge in [-0.2, -0.15) is 5.26 Å². The fourth-order valence-electron chi connectivity index (χ4n) is 2.88. The molecule has 3 rings (SSSR count). The van der Waals surface area contributed by atoms with E-state index in [9.17, 15) is 5.26 Å². The molecule has 1 aliphatic carbocycles. The molecule has 1 aromatic heterocycles. The predicted molar refractivity (Wildman–Crippen MR) is 72.1 cm³/mol. The average Bonchev–Trinajstić information content (AvgIpc) is 2.87. The van der Waals surface area contributed by atoms with E-state index in [4.69, 9.17) is 4.74 Å². The minimum absolute atomic E-state index is 0.204. The molecule has 0 spiro atoms. The van der Waals surface area contributed by atoms with E-state index in [1.165, 1.54) is 5.56 Å². The number of fused-ring (bicyclic) bond motifs is 1. The highest BCUT2D eigenvalue weighted by molar-refractivity contribution is 5.44. The van der Waals surface area contributed by atoms with Crippen LogP contribution in [-0.2, 0) is 12.8 Å². The summed E-state index contributed by atoms with van der Waals surface area (Å²) < 4.78 is 5.99. The number of pyridine rings is 1. The normalized spacial score (nSPS) is 20.0. The Morgan fingerprint density at radius 2 is 2.16 bits per heavy atom. The van der Waals surface area contributed by atoms with E-state index in [0.717, 1.165) is 50.9 Å². The second-order valence-corrected chi connectivity index (χ2v) is 5.53. The molecule has 2 aliphatic rings. The molecular weight excluding hydrogens is 238 g/mol. The summed E-state index contributed by atoms with van der Waals surface area (Å²) in [5.41, 5.74) is 2.95. The van der Waals surface area contributed by atoms with Crippen molar-refractivity contribution >= 4 is 0 Å². The topological polar surface area (TPSA) is 49.1 Å². The molecule has 19 heavy (non-hydrogen) atoms. The van der Waals surface area contributed by atoms with Crippen LogP contribution >= 0.6 is 0 Å². The third-order valence-corrected chi connectivity index (χ3v) is 4.08. The lowest BCUT2D eigenvalue weighted by Crippen LogP contribution is -2.36. The first-order chi connectivity index (χ1) is 9.26. The molecule has 1 saturated heterocycles. The van der Waals surface area contributed by atoms with Crippen molar-refractivity contribution in [2.45, 2.75) is 38.2 Å². The molecule has 0 atom stereocenters. The van der Waals surface area contributed by atoms with Crippen molar-refractivity contribution in [1.82, 2.24) is 9.88 Å². The third kappa shape index (κ3) is 2.57. The maximum atomic E-state index is 9.24. The van der Waals surface area contributed by atoms with Crippen molar-refractivity contribution in [3.8, 4) is 11.9 Å². The molecule has 0 unspecified atom stereocenters. The van der Waals surface area contributed by atoms with Gasteiger partial charge in [0.15, 0.2) is 0 Å². The third-order valence-electron chi connectivity index (χ3n) is 4.08. The van der Waals surface area contributed by atoms with Gasteiger partial charge in [-0.25, -0.2) is 4.98 Å². The first-order valence-corrected chi connectivity index (χ1v) is 7.04. The van der Waals surface area contributed by atoms with Gasteiger partial charge < -0.3 is 9.64 Å². The van der Waals surface area contributed by atoms with Gasteiger partial charge in [0, 0.05) is 18.8 Å². The number of aryl methyl sites for hydroxylation is 2. The summed E-state index contributed by atoms with van der Waals surface area (Å²) in [6, 6.07) is 4.20. The Balaban J connectivity index is 1.79. The lowest BCUT2D eigenvalue weighted by Gasteiger charge is -2.29. The van der Waals surface area contributed by atoms with Gasteiger partial charge in [-0.05, 0) is 50.8 Å². The molecule has 1 aromatic rings. The molecule has 100 valence electrons. The van der Waals surface area contributed by atoms with E-state index >= 15 is 0 Å². The van der Waals surface area contributed by atoms with Crippen LogP contribution in [0.1, 0.15) is 36.1 Å². The second-order valence-electron chi connectivity index (χ2n) is 5.53. The molecule has 4 nitrogen and oxygen atoms in total. The zero-order valence-electron chi connectivity index (χ0n) is 11.4. The van der Waals surface area contributed by atoms with Crippen LogP contribution in [0.4, 0.5) is 0 Å². The van der Waals surface area contributed by atoms with E-state index < -0.39 is 0 Å². The monoisotopic (exact) mass is 257 g/mol. The van der Waals surface area contributed by atoms with Gasteiger partial charge in [-0.3, -0.25) is 0 Å². The molecule has 0 N–H and O–H groups in total. The number of likely N-dealkylation sites (tertiary alicyclic amines) is 1. The first kappa shape index (κ1) is 12.4. The summed E-state index contributed by atoms with van der Waals surface area (Å²) in [6.07, 6.45) is 5.44. The first-order valence-electron chi connectivity index (χ1n) is 7.04. The number of aromatic nitrogens is 1. The SMILES string of the molecule is CN1CCC(Oc2nc3c(cc2C#N)CCC3)CC1. The highest BCUT2D eigenvalue weighted by atomic mass is 16.5. The van der Waals surface area contributed by atoms with Crippen molar-refractivity contribution in [2.75, 3.05) is 20.1 Å². The van der Waals surface area contributed by atoms with Crippen LogP contribution in [0.5, 0.6) is 5.88 Å². The maximum absolute atomic E-state index is 9.24. The zero-order valence-corrected chi connectivity index (χ0v) is 11.4. The van der Waals surface area contributed by atoms with Crippen molar-refractivity contribution in [2.24, 2.45) is 0 Å². The highest BCUT2D eigenvalue weighted by Crippen LogP contribution is 2.27. The number of piperidine rings is 1. The molecule has 1 aliphatic heterocycles. The lowest BCUT2D eigenvalue weighted by atomic mass is 10.1. The minimum Gasteiger partial charge on any atom is -0.473 e. The summed E-state index contributed by atoms with van der Waals surface area (Å²) >= 11 is 0. The summed E-state index contributed by atoms with van der Waals surface area (Å²) in [6.45, 7) is 2.11. The molecule has 0 saturated carbocycles. The van der Waals surface area contributed by atoms with Crippen LogP contribution in [0.2, 0.25) is 0 Å². The number of hydrogen-bond donors (Lipinski definition) is 0. The standard InChI is InChI=1S/C15H19N3O/c1-18-7-5-13(6-8-18)19-15-12(10-16)9-11-3-2-4-14(11)17-15/h9,13H,2-8H2,1H3. The Morgan fingerprint density at radius 1 is 1.37 bits per heavy atom. The second kappa shape index (κ2) is 5.18. The van der Waals surface area contributed by atoms with Crippen LogP contribution in [-0.4, -0.2) is 36.1 Å². The molecule has 2 heterocycles. The van der Waals surface area contributed by atoms with E-state index in [1.54, 1.807) is 0 Å². The number of nitrogens with zero attached hydrogens (tertiary/aromatic N) is 3. The van der Waals surface area contributed by atoms with Gasteiger partial charge in [0.1, 0.15) is 17.7 Å². The van der Waals surface area contributed by atoms with Crippen molar-refractivity contribution < 1.29 is 4.74 Å². The van der Waals surface area contributed by atoms with E-state index in [2.05, 4.69) is 23.0 Å². The molecule has 0 radical (unpaired) electrons. The van der Waals surface area contributed by atoms with Crippen molar-refractivity contribution in [1.29, 1.82) is 5.26 Å². The Labute approximate surface area is 114 Å². The van der Waals surface area contributed by atoms with Gasteiger partial charge in [-0.1, -0.05) is 0 Å². The molecule has 0 amide bonds. The average molecular weight is 257 g/mol. The Bertz CT molecular complexity index is 513. The summed E-state index contributed by atoms with van der Waals surface area (Å²) in [5, 5.41) is 9.24.